The van der Waals surface area contributed by atoms with Crippen LogP contribution >= 0.6 is 0 Å². The lowest BCUT2D eigenvalue weighted by molar-refractivity contribution is -0.133. The van der Waals surface area contributed by atoms with Crippen LogP contribution in [0, 0.1) is 12.8 Å². The average molecular weight is 415 g/mol. The van der Waals surface area contributed by atoms with Gasteiger partial charge in [0.15, 0.2) is 0 Å². The van der Waals surface area contributed by atoms with E-state index in [1.54, 1.807) is 16.9 Å². The van der Waals surface area contributed by atoms with Gasteiger partial charge in [0, 0.05) is 44.8 Å². The van der Waals surface area contributed by atoms with Crippen molar-refractivity contribution in [1.82, 2.24) is 14.4 Å². The van der Waals surface area contributed by atoms with Crippen molar-refractivity contribution in [1.29, 1.82) is 0 Å². The first-order valence-corrected chi connectivity index (χ1v) is 10.3. The first-order valence-electron chi connectivity index (χ1n) is 10.3. The van der Waals surface area contributed by atoms with Crippen LogP contribution in [0.5, 0.6) is 0 Å². The standard InChI is InChI=1S/C23H34N4O3/c1-18(2)15-27(23(29)24-21-11-7-6-9-19(21)3)17-22(28)26(13-14-30-5)16-20-10-8-12-25(20)4/h6-12,18H,13-17H2,1-5H3,(H,24,29). The molecule has 0 aliphatic carbocycles. The highest BCUT2D eigenvalue weighted by Crippen LogP contribution is 2.15. The van der Waals surface area contributed by atoms with E-state index >= 15 is 0 Å². The number of methoxy groups -OCH3 is 1. The lowest BCUT2D eigenvalue weighted by atomic mass is 10.2. The molecule has 0 spiro atoms. The molecule has 2 rings (SSSR count). The van der Waals surface area contributed by atoms with Crippen LogP contribution < -0.4 is 5.32 Å². The number of carbonyl (C=O) groups excluding carboxylic acids is 2. The van der Waals surface area contributed by atoms with Gasteiger partial charge >= 0.3 is 6.03 Å². The smallest absolute Gasteiger partial charge is 0.322 e. The molecule has 0 saturated heterocycles. The summed E-state index contributed by atoms with van der Waals surface area (Å²) in [5.74, 6) is 0.134. The summed E-state index contributed by atoms with van der Waals surface area (Å²) in [6, 6.07) is 11.3. The van der Waals surface area contributed by atoms with Crippen molar-refractivity contribution in [3.63, 3.8) is 0 Å². The summed E-state index contributed by atoms with van der Waals surface area (Å²) in [5.41, 5.74) is 2.76. The second-order valence-corrected chi connectivity index (χ2v) is 7.94. The molecule has 30 heavy (non-hydrogen) atoms. The summed E-state index contributed by atoms with van der Waals surface area (Å²) in [5, 5.41) is 2.95. The summed E-state index contributed by atoms with van der Waals surface area (Å²) in [7, 11) is 3.57. The van der Waals surface area contributed by atoms with Gasteiger partial charge in [-0.25, -0.2) is 4.79 Å². The SMILES string of the molecule is COCCN(Cc1cccn1C)C(=O)CN(CC(C)C)C(=O)Nc1ccccc1C. The molecule has 0 aliphatic rings. The minimum Gasteiger partial charge on any atom is -0.383 e. The molecule has 0 radical (unpaired) electrons. The molecule has 1 N–H and O–H groups in total. The van der Waals surface area contributed by atoms with Gasteiger partial charge in [-0.2, -0.15) is 0 Å². The monoisotopic (exact) mass is 414 g/mol. The Labute approximate surface area is 179 Å². The topological polar surface area (TPSA) is 66.8 Å². The molecule has 2 aromatic rings. The third kappa shape index (κ3) is 6.91. The highest BCUT2D eigenvalue weighted by atomic mass is 16.5. The predicted molar refractivity (Wildman–Crippen MR) is 119 cm³/mol. The molecule has 0 atom stereocenters. The van der Waals surface area contributed by atoms with Crippen molar-refractivity contribution in [3.8, 4) is 0 Å². The first-order chi connectivity index (χ1) is 14.3. The minimum atomic E-state index is -0.267. The summed E-state index contributed by atoms with van der Waals surface area (Å²) >= 11 is 0. The summed E-state index contributed by atoms with van der Waals surface area (Å²) in [6.45, 7) is 7.90. The molecule has 0 saturated carbocycles. The Morgan fingerprint density at radius 2 is 1.87 bits per heavy atom. The summed E-state index contributed by atoms with van der Waals surface area (Å²) in [6.07, 6.45) is 1.95. The minimum absolute atomic E-state index is 0.0179. The van der Waals surface area contributed by atoms with Gasteiger partial charge in [0.05, 0.1) is 13.2 Å². The van der Waals surface area contributed by atoms with Crippen molar-refractivity contribution >= 4 is 17.6 Å². The van der Waals surface area contributed by atoms with Gasteiger partial charge in [-0.1, -0.05) is 32.0 Å². The number of ether oxygens (including phenoxy) is 1. The molecule has 0 aliphatic heterocycles. The number of aromatic nitrogens is 1. The van der Waals surface area contributed by atoms with Gasteiger partial charge in [-0.3, -0.25) is 4.79 Å². The van der Waals surface area contributed by atoms with Gasteiger partial charge in [0.2, 0.25) is 5.91 Å². The lowest BCUT2D eigenvalue weighted by Crippen LogP contribution is -2.46. The van der Waals surface area contributed by atoms with Crippen LogP contribution in [0.3, 0.4) is 0 Å². The van der Waals surface area contributed by atoms with Crippen molar-refractivity contribution in [3.05, 3.63) is 53.9 Å². The molecule has 0 bridgehead atoms. The van der Waals surface area contributed by atoms with Gasteiger partial charge in [-0.15, -0.1) is 0 Å². The molecular formula is C23H34N4O3. The first kappa shape index (κ1) is 23.5. The molecule has 7 nitrogen and oxygen atoms in total. The second-order valence-electron chi connectivity index (χ2n) is 7.94. The number of anilines is 1. The zero-order valence-electron chi connectivity index (χ0n) is 18.7. The summed E-state index contributed by atoms with van der Waals surface area (Å²) in [4.78, 5) is 29.4. The van der Waals surface area contributed by atoms with E-state index in [0.29, 0.717) is 26.2 Å². The molecule has 164 valence electrons. The van der Waals surface area contributed by atoms with Crippen molar-refractivity contribution in [2.24, 2.45) is 13.0 Å². The number of hydrogen-bond acceptors (Lipinski definition) is 3. The van der Waals surface area contributed by atoms with E-state index in [-0.39, 0.29) is 24.4 Å². The Hall–Kier alpha value is -2.80. The zero-order chi connectivity index (χ0) is 22.1. The number of rotatable bonds is 10. The summed E-state index contributed by atoms with van der Waals surface area (Å²) < 4.78 is 7.18. The fourth-order valence-electron chi connectivity index (χ4n) is 3.18. The van der Waals surface area contributed by atoms with Crippen LogP contribution in [0.4, 0.5) is 10.5 Å². The average Bonchev–Trinajstić information content (AvgIpc) is 3.10. The molecule has 1 aromatic heterocycles. The highest BCUT2D eigenvalue weighted by Gasteiger charge is 2.23. The third-order valence-corrected chi connectivity index (χ3v) is 4.91. The Balaban J connectivity index is 2.13. The van der Waals surface area contributed by atoms with Crippen LogP contribution in [0.2, 0.25) is 0 Å². The molecular weight excluding hydrogens is 380 g/mol. The number of para-hydroxylation sites is 1. The fourth-order valence-corrected chi connectivity index (χ4v) is 3.18. The van der Waals surface area contributed by atoms with Gasteiger partial charge in [-0.05, 0) is 36.6 Å². The highest BCUT2D eigenvalue weighted by molar-refractivity contribution is 5.93. The van der Waals surface area contributed by atoms with E-state index in [1.807, 2.05) is 75.0 Å². The second kappa shape index (κ2) is 11.4. The number of carbonyl (C=O) groups is 2. The van der Waals surface area contributed by atoms with Gasteiger partial charge in [0.25, 0.3) is 0 Å². The number of aryl methyl sites for hydroxylation is 2. The van der Waals surface area contributed by atoms with E-state index in [1.165, 1.54) is 0 Å². The Bertz CT molecular complexity index is 831. The van der Waals surface area contributed by atoms with Crippen LogP contribution in [0.25, 0.3) is 0 Å². The molecule has 7 heteroatoms. The maximum atomic E-state index is 13.1. The van der Waals surface area contributed by atoms with E-state index in [9.17, 15) is 9.59 Å². The van der Waals surface area contributed by atoms with Crippen LogP contribution in [0.1, 0.15) is 25.1 Å². The van der Waals surface area contributed by atoms with Crippen LogP contribution in [-0.4, -0.2) is 59.7 Å². The molecule has 1 heterocycles. The Morgan fingerprint density at radius 3 is 2.47 bits per heavy atom. The lowest BCUT2D eigenvalue weighted by Gasteiger charge is -2.29. The largest absolute Gasteiger partial charge is 0.383 e. The van der Waals surface area contributed by atoms with Gasteiger partial charge in [0.1, 0.15) is 6.54 Å². The molecule has 3 amide bonds. The quantitative estimate of drug-likeness (QED) is 0.647. The van der Waals surface area contributed by atoms with E-state index in [4.69, 9.17) is 4.74 Å². The van der Waals surface area contributed by atoms with Crippen molar-refractivity contribution in [2.75, 3.05) is 38.7 Å². The predicted octanol–water partition coefficient (Wildman–Crippen LogP) is 3.50. The zero-order valence-corrected chi connectivity index (χ0v) is 18.7. The number of nitrogens with zero attached hydrogens (tertiary/aromatic N) is 3. The Morgan fingerprint density at radius 1 is 1.13 bits per heavy atom. The fraction of sp³-hybridized carbons (Fsp3) is 0.478. The normalized spacial score (nSPS) is 10.9. The Kier molecular flexibility index (Phi) is 8.92. The van der Waals surface area contributed by atoms with Crippen LogP contribution in [-0.2, 0) is 23.1 Å². The molecule has 1 aromatic carbocycles. The van der Waals surface area contributed by atoms with E-state index in [0.717, 1.165) is 16.9 Å². The maximum Gasteiger partial charge on any atom is 0.322 e. The van der Waals surface area contributed by atoms with E-state index < -0.39 is 0 Å². The number of hydrogen-bond donors (Lipinski definition) is 1. The van der Waals surface area contributed by atoms with Gasteiger partial charge < -0.3 is 24.4 Å². The van der Waals surface area contributed by atoms with E-state index in [2.05, 4.69) is 5.32 Å². The molecule has 0 unspecified atom stereocenters. The number of amides is 3. The number of benzene rings is 1. The number of nitrogens with one attached hydrogen (secondary N) is 1. The maximum absolute atomic E-state index is 13.1. The van der Waals surface area contributed by atoms with Crippen molar-refractivity contribution < 1.29 is 14.3 Å². The number of urea groups is 1. The third-order valence-electron chi connectivity index (χ3n) is 4.91. The van der Waals surface area contributed by atoms with Crippen LogP contribution in [0.15, 0.2) is 42.6 Å². The van der Waals surface area contributed by atoms with Crippen molar-refractivity contribution in [2.45, 2.75) is 27.3 Å². The molecule has 0 fully saturated rings.